The van der Waals surface area contributed by atoms with Crippen LogP contribution in [0.2, 0.25) is 25.7 Å². The Morgan fingerprint density at radius 1 is 1.17 bits per heavy atom. The van der Waals surface area contributed by atoms with Crippen LogP contribution < -0.4 is 14.4 Å². The largest absolute Gasteiger partial charge is 0.489 e. The molecule has 2 aliphatic heterocycles. The van der Waals surface area contributed by atoms with E-state index in [-0.39, 0.29) is 12.0 Å². The average Bonchev–Trinajstić information content (AvgIpc) is 3.01. The number of carbonyl (C=O) groups is 1. The molecular formula is C27H40N4O4Si. The Balaban J connectivity index is 1.41. The van der Waals surface area contributed by atoms with Crippen LogP contribution in [-0.4, -0.2) is 68.5 Å². The third-order valence-electron chi connectivity index (χ3n) is 7.10. The lowest BCUT2D eigenvalue weighted by Crippen LogP contribution is -2.41. The van der Waals surface area contributed by atoms with Crippen molar-refractivity contribution < 1.29 is 19.0 Å². The number of hydrogen-bond donors (Lipinski definition) is 0. The number of piperidine rings is 1. The molecule has 0 saturated carbocycles. The van der Waals surface area contributed by atoms with Crippen molar-refractivity contribution in [2.24, 2.45) is 0 Å². The van der Waals surface area contributed by atoms with E-state index in [1.165, 1.54) is 0 Å². The zero-order chi connectivity index (χ0) is 26.1. The Bertz CT molecular complexity index is 1080. The molecule has 0 aliphatic carbocycles. The van der Waals surface area contributed by atoms with Gasteiger partial charge < -0.3 is 24.0 Å². The van der Waals surface area contributed by atoms with Crippen molar-refractivity contribution in [3.8, 4) is 11.6 Å². The molecule has 2 aliphatic rings. The van der Waals surface area contributed by atoms with E-state index < -0.39 is 13.6 Å². The number of rotatable bonds is 9. The van der Waals surface area contributed by atoms with Crippen LogP contribution in [0.4, 0.5) is 5.82 Å². The zero-order valence-corrected chi connectivity index (χ0v) is 23.8. The van der Waals surface area contributed by atoms with Crippen molar-refractivity contribution in [2.45, 2.75) is 70.9 Å². The summed E-state index contributed by atoms with van der Waals surface area (Å²) in [6.45, 7) is 15.8. The van der Waals surface area contributed by atoms with Crippen molar-refractivity contribution in [1.29, 1.82) is 0 Å². The average molecular weight is 513 g/mol. The number of anilines is 1. The summed E-state index contributed by atoms with van der Waals surface area (Å²) in [5.74, 6) is 2.30. The van der Waals surface area contributed by atoms with Gasteiger partial charge in [-0.05, 0) is 44.5 Å². The van der Waals surface area contributed by atoms with E-state index in [0.29, 0.717) is 24.8 Å². The maximum absolute atomic E-state index is 13.3. The molecule has 9 heteroatoms. The zero-order valence-electron chi connectivity index (χ0n) is 22.8. The first-order valence-electron chi connectivity index (χ1n) is 12.8. The number of carbonyl (C=O) groups excluding carboxylic acids is 1. The van der Waals surface area contributed by atoms with Gasteiger partial charge in [0.1, 0.15) is 24.4 Å². The Morgan fingerprint density at radius 3 is 2.50 bits per heavy atom. The highest BCUT2D eigenvalue weighted by Crippen LogP contribution is 2.40. The summed E-state index contributed by atoms with van der Waals surface area (Å²) < 4.78 is 17.2. The van der Waals surface area contributed by atoms with E-state index >= 15 is 0 Å². The molecule has 0 N–H and O–H groups in total. The number of hydrogen-bond acceptors (Lipinski definition) is 7. The monoisotopic (exact) mass is 512 g/mol. The number of nitrogens with zero attached hydrogens (tertiary/aromatic N) is 4. The predicted molar refractivity (Wildman–Crippen MR) is 144 cm³/mol. The third kappa shape index (κ3) is 5.67. The van der Waals surface area contributed by atoms with Crippen LogP contribution in [0.5, 0.6) is 11.6 Å². The van der Waals surface area contributed by atoms with E-state index in [0.717, 1.165) is 54.8 Å². The van der Waals surface area contributed by atoms with E-state index in [2.05, 4.69) is 43.4 Å². The Morgan fingerprint density at radius 2 is 1.89 bits per heavy atom. The molecule has 1 fully saturated rings. The maximum atomic E-state index is 13.3. The Kier molecular flexibility index (Phi) is 7.61. The number of ether oxygens (including phenoxy) is 3. The second-order valence-electron chi connectivity index (χ2n) is 11.5. The minimum atomic E-state index is -1.18. The van der Waals surface area contributed by atoms with Gasteiger partial charge in [0.25, 0.3) is 5.91 Å². The lowest BCUT2D eigenvalue weighted by molar-refractivity contribution is -0.00408. The summed E-state index contributed by atoms with van der Waals surface area (Å²) in [4.78, 5) is 26.7. The molecule has 8 nitrogen and oxygen atoms in total. The summed E-state index contributed by atoms with van der Waals surface area (Å²) >= 11 is 0. The van der Waals surface area contributed by atoms with Crippen LogP contribution in [-0.2, 0) is 10.3 Å². The number of fused-ring (bicyclic) bond motifs is 1. The highest BCUT2D eigenvalue weighted by atomic mass is 28.3. The van der Waals surface area contributed by atoms with Crippen LogP contribution in [0.3, 0.4) is 0 Å². The van der Waals surface area contributed by atoms with Crippen molar-refractivity contribution >= 4 is 19.8 Å². The highest BCUT2D eigenvalue weighted by molar-refractivity contribution is 6.76. The molecule has 0 radical (unpaired) electrons. The molecule has 0 atom stereocenters. The fourth-order valence-electron chi connectivity index (χ4n) is 4.77. The van der Waals surface area contributed by atoms with E-state index in [1.807, 2.05) is 30.0 Å². The Labute approximate surface area is 216 Å². The second-order valence-corrected chi connectivity index (χ2v) is 17.1. The molecule has 0 aromatic carbocycles. The van der Waals surface area contributed by atoms with Gasteiger partial charge in [-0.2, -0.15) is 0 Å². The lowest BCUT2D eigenvalue weighted by atomic mass is 9.98. The van der Waals surface area contributed by atoms with Gasteiger partial charge in [0, 0.05) is 46.7 Å². The van der Waals surface area contributed by atoms with Crippen molar-refractivity contribution in [2.75, 3.05) is 38.4 Å². The fourth-order valence-corrected chi connectivity index (χ4v) is 5.53. The molecular weight excluding hydrogens is 472 g/mol. The topological polar surface area (TPSA) is 77.0 Å². The van der Waals surface area contributed by atoms with Crippen LogP contribution in [0.1, 0.15) is 48.3 Å². The standard InChI is InChI=1S/C27H40N4O4Si/c1-19-16-22-24(27(2,3)31(26(22)32)18-34-14-15-36(5,6)7)29-25(19)30-12-10-20(11-13-30)35-21-8-9-23(33-4)28-17-21/h8-9,16-17,20H,10-15,18H2,1-7H3. The molecule has 196 valence electrons. The fraction of sp³-hybridized carbons (Fsp3) is 0.593. The lowest BCUT2D eigenvalue weighted by Gasteiger charge is -2.35. The summed E-state index contributed by atoms with van der Waals surface area (Å²) in [5.41, 5.74) is 2.04. The van der Waals surface area contributed by atoms with Crippen LogP contribution in [0.25, 0.3) is 0 Å². The first-order valence-corrected chi connectivity index (χ1v) is 16.5. The molecule has 36 heavy (non-hydrogen) atoms. The normalized spacial score (nSPS) is 17.9. The van der Waals surface area contributed by atoms with Crippen molar-refractivity contribution in [3.05, 3.63) is 41.2 Å². The van der Waals surface area contributed by atoms with Gasteiger partial charge in [-0.1, -0.05) is 19.6 Å². The smallest absolute Gasteiger partial charge is 0.258 e. The molecule has 0 unspecified atom stereocenters. The third-order valence-corrected chi connectivity index (χ3v) is 8.80. The van der Waals surface area contributed by atoms with Gasteiger partial charge in [0.2, 0.25) is 5.88 Å². The summed E-state index contributed by atoms with van der Waals surface area (Å²) in [5, 5.41) is 0. The highest BCUT2D eigenvalue weighted by Gasteiger charge is 2.45. The SMILES string of the molecule is COc1ccc(OC2CCN(c3nc4c(cc3C)C(=O)N(COCC[Si](C)(C)C)C4(C)C)CC2)cn1. The van der Waals surface area contributed by atoms with E-state index in [4.69, 9.17) is 19.2 Å². The molecule has 1 amide bonds. The first kappa shape index (κ1) is 26.4. The minimum absolute atomic E-state index is 0.00497. The maximum Gasteiger partial charge on any atom is 0.258 e. The van der Waals surface area contributed by atoms with Gasteiger partial charge in [0.05, 0.1) is 30.1 Å². The molecule has 2 aromatic heterocycles. The van der Waals surface area contributed by atoms with Crippen LogP contribution >= 0.6 is 0 Å². The number of aryl methyl sites for hydroxylation is 1. The van der Waals surface area contributed by atoms with Crippen LogP contribution in [0.15, 0.2) is 24.4 Å². The number of aromatic nitrogens is 2. The molecule has 1 saturated heterocycles. The molecule has 0 bridgehead atoms. The van der Waals surface area contributed by atoms with Crippen molar-refractivity contribution in [3.63, 3.8) is 0 Å². The number of amides is 1. The predicted octanol–water partition coefficient (Wildman–Crippen LogP) is 4.84. The molecule has 4 rings (SSSR count). The number of pyridine rings is 2. The molecule has 2 aromatic rings. The first-order chi connectivity index (χ1) is 17.0. The van der Waals surface area contributed by atoms with E-state index in [1.54, 1.807) is 13.3 Å². The Hall–Kier alpha value is -2.65. The quantitative estimate of drug-likeness (QED) is 0.351. The summed E-state index contributed by atoms with van der Waals surface area (Å²) in [6.07, 6.45) is 3.62. The second kappa shape index (κ2) is 10.4. The van der Waals surface area contributed by atoms with Crippen molar-refractivity contribution in [1.82, 2.24) is 14.9 Å². The van der Waals surface area contributed by atoms with Gasteiger partial charge in [-0.15, -0.1) is 0 Å². The van der Waals surface area contributed by atoms with Gasteiger partial charge in [0.15, 0.2) is 0 Å². The molecule has 4 heterocycles. The minimum Gasteiger partial charge on any atom is -0.489 e. The number of methoxy groups -OCH3 is 1. The van der Waals surface area contributed by atoms with Gasteiger partial charge in [-0.25, -0.2) is 9.97 Å². The molecule has 0 spiro atoms. The van der Waals surface area contributed by atoms with Crippen LogP contribution in [0, 0.1) is 6.92 Å². The van der Waals surface area contributed by atoms with Gasteiger partial charge >= 0.3 is 0 Å². The summed E-state index contributed by atoms with van der Waals surface area (Å²) in [7, 11) is 0.423. The van der Waals surface area contributed by atoms with E-state index in [9.17, 15) is 4.79 Å². The summed E-state index contributed by atoms with van der Waals surface area (Å²) in [6, 6.07) is 6.80. The van der Waals surface area contributed by atoms with Gasteiger partial charge in [-0.3, -0.25) is 4.79 Å².